The van der Waals surface area contributed by atoms with Gasteiger partial charge in [-0.1, -0.05) is 30.3 Å². The second-order valence-corrected chi connectivity index (χ2v) is 9.08. The van der Waals surface area contributed by atoms with Crippen molar-refractivity contribution in [1.82, 2.24) is 14.7 Å². The van der Waals surface area contributed by atoms with Gasteiger partial charge in [0.1, 0.15) is 0 Å². The van der Waals surface area contributed by atoms with Crippen molar-refractivity contribution in [3.63, 3.8) is 0 Å². The lowest BCUT2D eigenvalue weighted by Gasteiger charge is -2.44. The fourth-order valence-corrected chi connectivity index (χ4v) is 5.20. The molecule has 2 bridgehead atoms. The molecule has 1 aromatic carbocycles. The van der Waals surface area contributed by atoms with E-state index in [4.69, 9.17) is 0 Å². The van der Waals surface area contributed by atoms with Gasteiger partial charge in [0.25, 0.3) is 5.56 Å². The van der Waals surface area contributed by atoms with Crippen molar-refractivity contribution in [1.29, 1.82) is 0 Å². The normalized spacial score (nSPS) is 28.6. The fourth-order valence-electron chi connectivity index (χ4n) is 5.20. The average Bonchev–Trinajstić information content (AvgIpc) is 3.49. The first-order valence-electron chi connectivity index (χ1n) is 10.6. The van der Waals surface area contributed by atoms with Gasteiger partial charge >= 0.3 is 0 Å². The number of amides is 1. The highest BCUT2D eigenvalue weighted by molar-refractivity contribution is 5.82. The Balaban J connectivity index is 1.41. The maximum Gasteiger partial charge on any atom is 0.267 e. The van der Waals surface area contributed by atoms with Crippen LogP contribution in [0, 0.1) is 12.8 Å². The number of nitrogens with zero attached hydrogens (tertiary/aromatic N) is 3. The van der Waals surface area contributed by atoms with Gasteiger partial charge in [-0.05, 0) is 51.0 Å². The summed E-state index contributed by atoms with van der Waals surface area (Å²) in [7, 11) is 0. The van der Waals surface area contributed by atoms with Crippen LogP contribution >= 0.6 is 0 Å². The third kappa shape index (κ3) is 3.39. The number of aliphatic hydroxyl groups is 1. The number of piperidine rings is 1. The van der Waals surface area contributed by atoms with E-state index >= 15 is 0 Å². The molecule has 0 spiro atoms. The monoisotopic (exact) mass is 393 g/mol. The topological polar surface area (TPSA) is 75.4 Å². The molecule has 0 radical (unpaired) electrons. The molecule has 5 rings (SSSR count). The summed E-state index contributed by atoms with van der Waals surface area (Å²) >= 11 is 0. The largest absolute Gasteiger partial charge is 0.388 e. The van der Waals surface area contributed by atoms with Crippen LogP contribution in [0.1, 0.15) is 44.1 Å². The summed E-state index contributed by atoms with van der Waals surface area (Å²) in [5, 5.41) is 16.0. The second-order valence-electron chi connectivity index (χ2n) is 9.08. The van der Waals surface area contributed by atoms with E-state index in [0.29, 0.717) is 12.8 Å². The highest BCUT2D eigenvalue weighted by Gasteiger charge is 2.51. The number of carbonyl (C=O) groups is 1. The van der Waals surface area contributed by atoms with Crippen LogP contribution in [-0.4, -0.2) is 43.4 Å². The average molecular weight is 393 g/mol. The Morgan fingerprint density at radius 1 is 1.14 bits per heavy atom. The van der Waals surface area contributed by atoms with Gasteiger partial charge in [-0.2, -0.15) is 5.10 Å². The van der Waals surface area contributed by atoms with Gasteiger partial charge in [-0.3, -0.25) is 9.59 Å². The molecule has 6 heteroatoms. The smallest absolute Gasteiger partial charge is 0.267 e. The molecule has 2 aliphatic heterocycles. The van der Waals surface area contributed by atoms with Crippen molar-refractivity contribution in [2.45, 2.75) is 69.7 Å². The van der Waals surface area contributed by atoms with Crippen molar-refractivity contribution >= 4 is 5.91 Å². The predicted octanol–water partition coefficient (Wildman–Crippen LogP) is 2.51. The molecular formula is C23H27N3O3. The maximum absolute atomic E-state index is 12.7. The predicted molar refractivity (Wildman–Crippen MR) is 109 cm³/mol. The van der Waals surface area contributed by atoms with Crippen molar-refractivity contribution in [3.8, 4) is 11.3 Å². The van der Waals surface area contributed by atoms with E-state index in [1.807, 2.05) is 42.2 Å². The maximum atomic E-state index is 12.7. The minimum atomic E-state index is -1.01. The third-order valence-electron chi connectivity index (χ3n) is 6.71. The Hall–Kier alpha value is -2.47. The number of aryl methyl sites for hydroxylation is 1. The molecule has 2 aromatic rings. The molecule has 2 saturated heterocycles. The molecule has 1 amide bonds. The molecule has 29 heavy (non-hydrogen) atoms. The summed E-state index contributed by atoms with van der Waals surface area (Å²) in [5.74, 6) is 0.482. The van der Waals surface area contributed by atoms with E-state index < -0.39 is 5.60 Å². The molecule has 1 aromatic heterocycles. The summed E-state index contributed by atoms with van der Waals surface area (Å²) < 4.78 is 1.41. The summed E-state index contributed by atoms with van der Waals surface area (Å²) in [6, 6.07) is 11.6. The van der Waals surface area contributed by atoms with Crippen LogP contribution in [0.5, 0.6) is 0 Å². The molecule has 6 nitrogen and oxygen atoms in total. The van der Waals surface area contributed by atoms with E-state index in [1.54, 1.807) is 6.07 Å². The first-order valence-corrected chi connectivity index (χ1v) is 10.6. The minimum Gasteiger partial charge on any atom is -0.388 e. The standard InChI is InChI=1S/C23H27N3O3/c1-15-11-20(27)25(24-21(15)16-5-3-2-4-6-16)14-23(29)12-18-9-10-19(13-23)26(18)22(28)17-7-8-17/h2-6,11,17-19,29H,7-10,12-14H2,1H3. The van der Waals surface area contributed by atoms with E-state index in [1.165, 1.54) is 4.68 Å². The molecule has 1 saturated carbocycles. The summed E-state index contributed by atoms with van der Waals surface area (Å²) in [4.78, 5) is 27.3. The lowest BCUT2D eigenvalue weighted by atomic mass is 9.85. The van der Waals surface area contributed by atoms with Crippen molar-refractivity contribution < 1.29 is 9.90 Å². The molecule has 152 valence electrons. The van der Waals surface area contributed by atoms with Crippen LogP contribution in [0.15, 0.2) is 41.2 Å². The van der Waals surface area contributed by atoms with Gasteiger partial charge in [0, 0.05) is 29.6 Å². The Kier molecular flexibility index (Phi) is 4.35. The summed E-state index contributed by atoms with van der Waals surface area (Å²) in [6.45, 7) is 2.06. The van der Waals surface area contributed by atoms with Crippen LogP contribution in [0.25, 0.3) is 11.3 Å². The van der Waals surface area contributed by atoms with Crippen LogP contribution in [0.3, 0.4) is 0 Å². The molecule has 1 N–H and O–H groups in total. The van der Waals surface area contributed by atoms with Crippen LogP contribution in [0.4, 0.5) is 0 Å². The molecule has 2 unspecified atom stereocenters. The summed E-state index contributed by atoms with van der Waals surface area (Å²) in [6.07, 6.45) is 4.93. The lowest BCUT2D eigenvalue weighted by molar-refractivity contribution is -0.143. The molecule has 1 aliphatic carbocycles. The molecular weight excluding hydrogens is 366 g/mol. The van der Waals surface area contributed by atoms with E-state index in [9.17, 15) is 14.7 Å². The number of benzene rings is 1. The van der Waals surface area contributed by atoms with Gasteiger partial charge < -0.3 is 10.0 Å². The van der Waals surface area contributed by atoms with E-state index in [2.05, 4.69) is 5.10 Å². The van der Waals surface area contributed by atoms with Gasteiger partial charge in [-0.15, -0.1) is 0 Å². The minimum absolute atomic E-state index is 0.0848. The van der Waals surface area contributed by atoms with Gasteiger partial charge in [0.05, 0.1) is 17.8 Å². The van der Waals surface area contributed by atoms with Crippen LogP contribution in [-0.2, 0) is 11.3 Å². The highest BCUT2D eigenvalue weighted by atomic mass is 16.3. The molecule has 3 heterocycles. The van der Waals surface area contributed by atoms with Gasteiger partial charge in [-0.25, -0.2) is 4.68 Å². The van der Waals surface area contributed by atoms with E-state index in [0.717, 1.165) is 42.5 Å². The van der Waals surface area contributed by atoms with Gasteiger partial charge in [0.2, 0.25) is 5.91 Å². The number of fused-ring (bicyclic) bond motifs is 2. The first kappa shape index (κ1) is 18.6. The third-order valence-corrected chi connectivity index (χ3v) is 6.71. The summed E-state index contributed by atoms with van der Waals surface area (Å²) in [5.41, 5.74) is 1.34. The SMILES string of the molecule is Cc1cc(=O)n(CC2(O)CC3CCC(C2)N3C(=O)C2CC2)nc1-c1ccccc1. The van der Waals surface area contributed by atoms with Crippen molar-refractivity contribution in [2.24, 2.45) is 5.92 Å². The molecule has 3 fully saturated rings. The Morgan fingerprint density at radius 3 is 2.41 bits per heavy atom. The zero-order chi connectivity index (χ0) is 20.2. The second kappa shape index (κ2) is 6.80. The number of carbonyl (C=O) groups excluding carboxylic acids is 1. The zero-order valence-corrected chi connectivity index (χ0v) is 16.8. The number of hydrogen-bond donors (Lipinski definition) is 1. The Bertz CT molecular complexity index is 982. The number of aromatic nitrogens is 2. The quantitative estimate of drug-likeness (QED) is 0.866. The highest BCUT2D eigenvalue weighted by Crippen LogP contribution is 2.44. The molecule has 2 atom stereocenters. The van der Waals surface area contributed by atoms with Crippen LogP contribution in [0.2, 0.25) is 0 Å². The Labute approximate surface area is 170 Å². The zero-order valence-electron chi connectivity index (χ0n) is 16.8. The number of rotatable bonds is 4. The lowest BCUT2D eigenvalue weighted by Crippen LogP contribution is -2.55. The van der Waals surface area contributed by atoms with Crippen molar-refractivity contribution in [3.05, 3.63) is 52.3 Å². The first-order chi connectivity index (χ1) is 13.9. The molecule has 3 aliphatic rings. The van der Waals surface area contributed by atoms with E-state index in [-0.39, 0.29) is 36.0 Å². The number of hydrogen-bond acceptors (Lipinski definition) is 4. The van der Waals surface area contributed by atoms with Gasteiger partial charge in [0.15, 0.2) is 0 Å². The van der Waals surface area contributed by atoms with Crippen LogP contribution < -0.4 is 5.56 Å². The Morgan fingerprint density at radius 2 is 1.79 bits per heavy atom. The van der Waals surface area contributed by atoms with Crippen molar-refractivity contribution in [2.75, 3.05) is 0 Å². The fraction of sp³-hybridized carbons (Fsp3) is 0.522.